The molecule has 0 aromatic heterocycles. The minimum atomic E-state index is -4.59. The third-order valence-electron chi connectivity index (χ3n) is 3.96. The number of carbonyl (C=O) groups is 1. The van der Waals surface area contributed by atoms with E-state index in [1.807, 2.05) is 0 Å². The van der Waals surface area contributed by atoms with E-state index in [0.29, 0.717) is 0 Å². The van der Waals surface area contributed by atoms with E-state index < -0.39 is 33.7 Å². The second-order valence-corrected chi connectivity index (χ2v) is 7.30. The molecule has 1 aromatic carbocycles. The minimum absolute atomic E-state index is 0.261. The van der Waals surface area contributed by atoms with E-state index in [1.165, 1.54) is 12.1 Å². The third kappa shape index (κ3) is 4.03. The Morgan fingerprint density at radius 3 is 2.29 bits per heavy atom. The molecule has 0 amide bonds. The summed E-state index contributed by atoms with van der Waals surface area (Å²) < 4.78 is 50.3. The molecule has 0 aliphatic carbocycles. The Balaban J connectivity index is 2.51. The molecule has 1 aromatic rings. The van der Waals surface area contributed by atoms with Crippen LogP contribution in [0.5, 0.6) is 0 Å². The first-order valence-electron chi connectivity index (χ1n) is 7.64. The lowest BCUT2D eigenvalue weighted by atomic mass is 9.73. The molecule has 0 bridgehead atoms. The summed E-state index contributed by atoms with van der Waals surface area (Å²) in [6, 6.07) is 3.60. The van der Waals surface area contributed by atoms with Gasteiger partial charge in [0.05, 0.1) is 16.0 Å². The lowest BCUT2D eigenvalue weighted by Gasteiger charge is -2.37. The van der Waals surface area contributed by atoms with Crippen molar-refractivity contribution in [1.29, 1.82) is 0 Å². The Labute approximate surface area is 144 Å². The van der Waals surface area contributed by atoms with Crippen molar-refractivity contribution in [2.24, 2.45) is 0 Å². The molecule has 7 heteroatoms. The topological polar surface area (TPSA) is 35.5 Å². The number of hydrogen-bond donors (Lipinski definition) is 0. The van der Waals surface area contributed by atoms with E-state index in [1.54, 1.807) is 20.8 Å². The van der Waals surface area contributed by atoms with Gasteiger partial charge in [-0.25, -0.2) is 0 Å². The van der Waals surface area contributed by atoms with Crippen LogP contribution in [0.1, 0.15) is 44.7 Å². The fourth-order valence-corrected chi connectivity index (χ4v) is 2.97. The summed E-state index contributed by atoms with van der Waals surface area (Å²) in [4.78, 5) is 12.8. The van der Waals surface area contributed by atoms with Crippen molar-refractivity contribution in [3.8, 4) is 0 Å². The standard InChI is InChI=1S/C17H20ClF3O3/c1-15(2,3)24-14(22)16(6-8-23-9-7-16)11-4-5-13(18)12(10-11)17(19,20)21/h4-5,10H,6-9H2,1-3H3. The number of hydrogen-bond acceptors (Lipinski definition) is 3. The van der Waals surface area contributed by atoms with Crippen molar-refractivity contribution in [1.82, 2.24) is 0 Å². The fourth-order valence-electron chi connectivity index (χ4n) is 2.75. The largest absolute Gasteiger partial charge is 0.459 e. The van der Waals surface area contributed by atoms with Crippen LogP contribution < -0.4 is 0 Å². The molecule has 0 saturated carbocycles. The van der Waals surface area contributed by atoms with Gasteiger partial charge in [0.1, 0.15) is 5.60 Å². The van der Waals surface area contributed by atoms with Crippen LogP contribution in [-0.2, 0) is 25.9 Å². The van der Waals surface area contributed by atoms with Crippen LogP contribution in [0.3, 0.4) is 0 Å². The van der Waals surface area contributed by atoms with E-state index in [2.05, 4.69) is 0 Å². The second-order valence-electron chi connectivity index (χ2n) is 6.89. The van der Waals surface area contributed by atoms with E-state index in [4.69, 9.17) is 21.1 Å². The predicted molar refractivity (Wildman–Crippen MR) is 84.0 cm³/mol. The van der Waals surface area contributed by atoms with Crippen LogP contribution in [0.4, 0.5) is 13.2 Å². The van der Waals surface area contributed by atoms with Gasteiger partial charge in [-0.3, -0.25) is 4.79 Å². The number of alkyl halides is 3. The van der Waals surface area contributed by atoms with Gasteiger partial charge in [-0.15, -0.1) is 0 Å². The summed E-state index contributed by atoms with van der Waals surface area (Å²) in [6.07, 6.45) is -4.06. The van der Waals surface area contributed by atoms with E-state index in [9.17, 15) is 18.0 Å². The average Bonchev–Trinajstić information content (AvgIpc) is 2.45. The molecular weight excluding hydrogens is 345 g/mol. The normalized spacial score (nSPS) is 18.3. The Hall–Kier alpha value is -1.27. The number of esters is 1. The lowest BCUT2D eigenvalue weighted by Crippen LogP contribution is -2.45. The molecular formula is C17H20ClF3O3. The van der Waals surface area contributed by atoms with Crippen molar-refractivity contribution in [2.45, 2.75) is 50.8 Å². The molecule has 0 spiro atoms. The molecule has 1 fully saturated rings. The highest BCUT2D eigenvalue weighted by molar-refractivity contribution is 6.31. The van der Waals surface area contributed by atoms with Crippen molar-refractivity contribution in [2.75, 3.05) is 13.2 Å². The summed E-state index contributed by atoms with van der Waals surface area (Å²) in [7, 11) is 0. The third-order valence-corrected chi connectivity index (χ3v) is 4.29. The van der Waals surface area contributed by atoms with Gasteiger partial charge in [-0.1, -0.05) is 17.7 Å². The Morgan fingerprint density at radius 1 is 1.21 bits per heavy atom. The molecule has 0 N–H and O–H groups in total. The predicted octanol–water partition coefficient (Wildman–Crippen LogP) is 4.75. The van der Waals surface area contributed by atoms with Gasteiger partial charge in [0.2, 0.25) is 0 Å². The summed E-state index contributed by atoms with van der Waals surface area (Å²) in [5.41, 5.74) is -2.58. The first-order valence-corrected chi connectivity index (χ1v) is 8.02. The van der Waals surface area contributed by atoms with Gasteiger partial charge in [0.15, 0.2) is 0 Å². The summed E-state index contributed by atoms with van der Waals surface area (Å²) in [5.74, 6) is -0.534. The quantitative estimate of drug-likeness (QED) is 0.710. The molecule has 1 aliphatic heterocycles. The first kappa shape index (κ1) is 19.1. The number of benzene rings is 1. The average molecular weight is 365 g/mol. The van der Waals surface area contributed by atoms with Crippen molar-refractivity contribution in [3.05, 3.63) is 34.3 Å². The van der Waals surface area contributed by atoms with Crippen LogP contribution in [0, 0.1) is 0 Å². The van der Waals surface area contributed by atoms with Crippen LogP contribution in [0.2, 0.25) is 5.02 Å². The number of halogens is 4. The molecule has 134 valence electrons. The molecule has 1 aliphatic rings. The molecule has 3 nitrogen and oxygen atoms in total. The Bertz CT molecular complexity index is 614. The van der Waals surface area contributed by atoms with Gasteiger partial charge in [-0.2, -0.15) is 13.2 Å². The highest BCUT2D eigenvalue weighted by atomic mass is 35.5. The van der Waals surface area contributed by atoms with Crippen LogP contribution >= 0.6 is 11.6 Å². The van der Waals surface area contributed by atoms with Gasteiger partial charge in [-0.05, 0) is 51.3 Å². The fraction of sp³-hybridized carbons (Fsp3) is 0.588. The molecule has 0 unspecified atom stereocenters. The molecule has 1 heterocycles. The van der Waals surface area contributed by atoms with Crippen LogP contribution in [0.25, 0.3) is 0 Å². The van der Waals surface area contributed by atoms with Gasteiger partial charge in [0.25, 0.3) is 0 Å². The van der Waals surface area contributed by atoms with Crippen molar-refractivity contribution >= 4 is 17.6 Å². The zero-order valence-corrected chi connectivity index (χ0v) is 14.6. The summed E-state index contributed by atoms with van der Waals surface area (Å²) in [6.45, 7) is 5.73. The van der Waals surface area contributed by atoms with Gasteiger partial charge < -0.3 is 9.47 Å². The SMILES string of the molecule is CC(C)(C)OC(=O)C1(c2ccc(Cl)c(C(F)(F)F)c2)CCOCC1. The maximum Gasteiger partial charge on any atom is 0.417 e. The highest BCUT2D eigenvalue weighted by Crippen LogP contribution is 2.42. The van der Waals surface area contributed by atoms with Crippen LogP contribution in [-0.4, -0.2) is 24.8 Å². The molecule has 1 saturated heterocycles. The van der Waals surface area contributed by atoms with Crippen molar-refractivity contribution in [3.63, 3.8) is 0 Å². The van der Waals surface area contributed by atoms with Crippen molar-refractivity contribution < 1.29 is 27.4 Å². The minimum Gasteiger partial charge on any atom is -0.459 e. The zero-order chi connectivity index (χ0) is 18.2. The maximum absolute atomic E-state index is 13.2. The molecule has 2 rings (SSSR count). The van der Waals surface area contributed by atoms with Gasteiger partial charge >= 0.3 is 12.1 Å². The maximum atomic E-state index is 13.2. The number of carbonyl (C=O) groups excluding carboxylic acids is 1. The zero-order valence-electron chi connectivity index (χ0n) is 13.8. The monoisotopic (exact) mass is 364 g/mol. The van der Waals surface area contributed by atoms with Gasteiger partial charge in [0, 0.05) is 13.2 Å². The van der Waals surface area contributed by atoms with E-state index in [-0.39, 0.29) is 31.6 Å². The molecule has 24 heavy (non-hydrogen) atoms. The number of rotatable bonds is 2. The second kappa shape index (κ2) is 6.56. The van der Waals surface area contributed by atoms with E-state index in [0.717, 1.165) is 6.07 Å². The smallest absolute Gasteiger partial charge is 0.417 e. The first-order chi connectivity index (χ1) is 11.0. The Kier molecular flexibility index (Phi) is 5.21. The highest BCUT2D eigenvalue weighted by Gasteiger charge is 2.46. The summed E-state index contributed by atoms with van der Waals surface area (Å²) in [5, 5.41) is -0.391. The summed E-state index contributed by atoms with van der Waals surface area (Å²) >= 11 is 5.69. The number of ether oxygens (including phenoxy) is 2. The Morgan fingerprint density at radius 2 is 1.79 bits per heavy atom. The lowest BCUT2D eigenvalue weighted by molar-refractivity contribution is -0.166. The molecule has 0 atom stereocenters. The molecule has 0 radical (unpaired) electrons. The van der Waals surface area contributed by atoms with Crippen LogP contribution in [0.15, 0.2) is 18.2 Å². The van der Waals surface area contributed by atoms with E-state index >= 15 is 0 Å².